The lowest BCUT2D eigenvalue weighted by Gasteiger charge is -2.26. The lowest BCUT2D eigenvalue weighted by molar-refractivity contribution is -0.134. The Morgan fingerprint density at radius 3 is 2.58 bits per heavy atom. The van der Waals surface area contributed by atoms with Crippen LogP contribution in [-0.2, 0) is 4.79 Å². The maximum absolute atomic E-state index is 13.1. The highest BCUT2D eigenvalue weighted by molar-refractivity contribution is 5.96. The van der Waals surface area contributed by atoms with Gasteiger partial charge in [0.1, 0.15) is 16.8 Å². The van der Waals surface area contributed by atoms with E-state index in [4.69, 9.17) is 20.3 Å². The number of nitrogens with one attached hydrogen (secondary N) is 2. The number of rotatable bonds is 3. The summed E-state index contributed by atoms with van der Waals surface area (Å²) in [6.07, 6.45) is 6.88. The molecule has 0 aromatic carbocycles. The maximum atomic E-state index is 13.1. The molecule has 31 heavy (non-hydrogen) atoms. The molecule has 4 rings (SSSR count). The van der Waals surface area contributed by atoms with Gasteiger partial charge >= 0.3 is 0 Å². The minimum absolute atomic E-state index is 0.0844. The van der Waals surface area contributed by atoms with Crippen LogP contribution < -0.4 is 16.4 Å². The molecular formula is C22H27N5O4. The number of carboxylic acid groups (broad SMARTS) is 1. The zero-order valence-corrected chi connectivity index (χ0v) is 17.7. The number of nitrogens with zero attached hydrogens (tertiary/aromatic N) is 3. The second-order valence-electron chi connectivity index (χ2n) is 7.53. The monoisotopic (exact) mass is 425 g/mol. The summed E-state index contributed by atoms with van der Waals surface area (Å²) in [5.41, 5.74) is 1.18. The third-order valence-electron chi connectivity index (χ3n) is 5.28. The first-order chi connectivity index (χ1) is 14.8. The zero-order chi connectivity index (χ0) is 22.5. The minimum atomic E-state index is -0.833. The molecular weight excluding hydrogens is 398 g/mol. The molecule has 0 spiro atoms. The van der Waals surface area contributed by atoms with Gasteiger partial charge in [-0.05, 0) is 38.0 Å². The minimum Gasteiger partial charge on any atom is -0.481 e. The number of carbonyl (C=O) groups excluding carboxylic acids is 1. The number of hydrogen-bond acceptors (Lipinski definition) is 5. The van der Waals surface area contributed by atoms with E-state index in [1.54, 1.807) is 18.3 Å². The first-order valence-corrected chi connectivity index (χ1v) is 10.4. The molecule has 164 valence electrons. The van der Waals surface area contributed by atoms with Gasteiger partial charge in [0.05, 0.1) is 10.9 Å². The number of hydrogen-bond donors (Lipinski definition) is 3. The third-order valence-corrected chi connectivity index (χ3v) is 5.28. The van der Waals surface area contributed by atoms with E-state index in [-0.39, 0.29) is 28.6 Å². The van der Waals surface area contributed by atoms with Crippen LogP contribution in [0, 0.1) is 5.41 Å². The standard InChI is InChI=1S/C20H23N5O2.C2H4O2/c1-2-22-19(26)14-12-15-18(23-16-10-6-7-11-24(16)20(15)27)25(17(14)21)13-8-4-3-5-9-13;1-2(3)4/h6-7,10-13,21H,2-5,8-9H2,1H3,(H,22,26);1H3,(H,3,4). The summed E-state index contributed by atoms with van der Waals surface area (Å²) in [5, 5.41) is 19.3. The Morgan fingerprint density at radius 1 is 1.26 bits per heavy atom. The Bertz CT molecular complexity index is 1230. The smallest absolute Gasteiger partial charge is 0.300 e. The van der Waals surface area contributed by atoms with E-state index in [9.17, 15) is 9.59 Å². The second kappa shape index (κ2) is 9.55. The van der Waals surface area contributed by atoms with Crippen molar-refractivity contribution in [3.63, 3.8) is 0 Å². The Hall–Kier alpha value is -3.49. The predicted octanol–water partition coefficient (Wildman–Crippen LogP) is 2.47. The van der Waals surface area contributed by atoms with Crippen LogP contribution in [0.25, 0.3) is 16.7 Å². The van der Waals surface area contributed by atoms with Crippen molar-refractivity contribution < 1.29 is 14.7 Å². The van der Waals surface area contributed by atoms with E-state index in [2.05, 4.69) is 5.32 Å². The largest absolute Gasteiger partial charge is 0.481 e. The Kier molecular flexibility index (Phi) is 6.84. The number of aromatic nitrogens is 3. The average molecular weight is 425 g/mol. The zero-order valence-electron chi connectivity index (χ0n) is 17.7. The lowest BCUT2D eigenvalue weighted by Crippen LogP contribution is -2.36. The predicted molar refractivity (Wildman–Crippen MR) is 116 cm³/mol. The van der Waals surface area contributed by atoms with Crippen molar-refractivity contribution in [1.82, 2.24) is 19.3 Å². The highest BCUT2D eigenvalue weighted by atomic mass is 16.4. The number of pyridine rings is 2. The molecule has 9 nitrogen and oxygen atoms in total. The quantitative estimate of drug-likeness (QED) is 0.555. The molecule has 1 amide bonds. The first kappa shape index (κ1) is 22.2. The van der Waals surface area contributed by atoms with E-state index in [1.807, 2.05) is 17.6 Å². The number of amides is 1. The molecule has 0 radical (unpaired) electrons. The van der Waals surface area contributed by atoms with Crippen LogP contribution in [0.2, 0.25) is 0 Å². The molecule has 9 heteroatoms. The molecule has 0 unspecified atom stereocenters. The SMILES string of the molecule is CC(=O)O.CCNC(=O)c1cc2c(=O)n3ccccc3nc2n(C2CCCCC2)c1=N. The van der Waals surface area contributed by atoms with Gasteiger partial charge < -0.3 is 15.0 Å². The van der Waals surface area contributed by atoms with Crippen molar-refractivity contribution in [3.8, 4) is 0 Å². The Morgan fingerprint density at radius 2 is 1.94 bits per heavy atom. The van der Waals surface area contributed by atoms with Crippen LogP contribution in [0.4, 0.5) is 0 Å². The van der Waals surface area contributed by atoms with Gasteiger partial charge in [0, 0.05) is 25.7 Å². The average Bonchev–Trinajstić information content (AvgIpc) is 2.74. The number of aliphatic carboxylic acids is 1. The van der Waals surface area contributed by atoms with Crippen LogP contribution in [0.1, 0.15) is 62.4 Å². The highest BCUT2D eigenvalue weighted by Crippen LogP contribution is 2.29. The summed E-state index contributed by atoms with van der Waals surface area (Å²) in [7, 11) is 0. The molecule has 0 aliphatic heterocycles. The van der Waals surface area contributed by atoms with E-state index in [0.29, 0.717) is 23.2 Å². The maximum Gasteiger partial charge on any atom is 0.300 e. The van der Waals surface area contributed by atoms with E-state index < -0.39 is 5.97 Å². The van der Waals surface area contributed by atoms with Gasteiger partial charge in [-0.25, -0.2) is 4.98 Å². The summed E-state index contributed by atoms with van der Waals surface area (Å²) in [6.45, 7) is 3.39. The lowest BCUT2D eigenvalue weighted by atomic mass is 9.94. The molecule has 1 aliphatic rings. The van der Waals surface area contributed by atoms with E-state index in [1.165, 1.54) is 16.9 Å². The summed E-state index contributed by atoms with van der Waals surface area (Å²) < 4.78 is 3.30. The summed E-state index contributed by atoms with van der Waals surface area (Å²) in [6, 6.07) is 7.01. The normalized spacial score (nSPS) is 14.1. The number of carbonyl (C=O) groups is 2. The van der Waals surface area contributed by atoms with Crippen molar-refractivity contribution in [2.45, 2.75) is 52.0 Å². The molecule has 3 aromatic heterocycles. The van der Waals surface area contributed by atoms with Gasteiger partial charge in [-0.15, -0.1) is 0 Å². The number of fused-ring (bicyclic) bond motifs is 2. The fourth-order valence-corrected chi connectivity index (χ4v) is 3.97. The van der Waals surface area contributed by atoms with Gasteiger partial charge in [-0.1, -0.05) is 25.3 Å². The second-order valence-corrected chi connectivity index (χ2v) is 7.53. The molecule has 0 saturated heterocycles. The first-order valence-electron chi connectivity index (χ1n) is 10.4. The van der Waals surface area contributed by atoms with Crippen LogP contribution in [0.15, 0.2) is 35.3 Å². The molecule has 3 heterocycles. The number of carboxylic acids is 1. The van der Waals surface area contributed by atoms with E-state index in [0.717, 1.165) is 32.6 Å². The molecule has 1 saturated carbocycles. The fourth-order valence-electron chi connectivity index (χ4n) is 3.97. The van der Waals surface area contributed by atoms with Gasteiger partial charge in [-0.2, -0.15) is 0 Å². The Balaban J connectivity index is 0.000000628. The van der Waals surface area contributed by atoms with E-state index >= 15 is 0 Å². The fraction of sp³-hybridized carbons (Fsp3) is 0.409. The molecule has 1 fully saturated rings. The van der Waals surface area contributed by atoms with Crippen molar-refractivity contribution in [2.75, 3.05) is 6.54 Å². The van der Waals surface area contributed by atoms with Crippen LogP contribution in [-0.4, -0.2) is 37.5 Å². The molecule has 3 aromatic rings. The van der Waals surface area contributed by atoms with Crippen molar-refractivity contribution in [3.05, 3.63) is 51.9 Å². The van der Waals surface area contributed by atoms with Gasteiger partial charge in [0.2, 0.25) is 0 Å². The Labute approximate surface area is 178 Å². The summed E-state index contributed by atoms with van der Waals surface area (Å²) in [4.78, 5) is 39.3. The molecule has 1 aliphatic carbocycles. The molecule has 0 atom stereocenters. The highest BCUT2D eigenvalue weighted by Gasteiger charge is 2.23. The van der Waals surface area contributed by atoms with Crippen molar-refractivity contribution >= 4 is 28.6 Å². The van der Waals surface area contributed by atoms with Gasteiger partial charge in [-0.3, -0.25) is 24.2 Å². The van der Waals surface area contributed by atoms with Crippen molar-refractivity contribution in [1.29, 1.82) is 5.41 Å². The van der Waals surface area contributed by atoms with Crippen molar-refractivity contribution in [2.24, 2.45) is 0 Å². The van der Waals surface area contributed by atoms with Gasteiger partial charge in [0.15, 0.2) is 0 Å². The summed E-state index contributed by atoms with van der Waals surface area (Å²) in [5.74, 6) is -1.16. The molecule has 3 N–H and O–H groups in total. The summed E-state index contributed by atoms with van der Waals surface area (Å²) >= 11 is 0. The third kappa shape index (κ3) is 4.65. The van der Waals surface area contributed by atoms with Crippen LogP contribution in [0.3, 0.4) is 0 Å². The van der Waals surface area contributed by atoms with Gasteiger partial charge in [0.25, 0.3) is 17.4 Å². The van der Waals surface area contributed by atoms with Crippen LogP contribution in [0.5, 0.6) is 0 Å². The van der Waals surface area contributed by atoms with Crippen LogP contribution >= 0.6 is 0 Å². The topological polar surface area (TPSA) is 130 Å². The molecule has 0 bridgehead atoms.